The first-order chi connectivity index (χ1) is 12.0. The number of hydrogen-bond acceptors (Lipinski definition) is 5. The Morgan fingerprint density at radius 1 is 1.20 bits per heavy atom. The molecule has 0 aliphatic carbocycles. The Bertz CT molecular complexity index is 811. The van der Waals surface area contributed by atoms with E-state index < -0.39 is 10.0 Å². The predicted octanol–water partition coefficient (Wildman–Crippen LogP) is 2.26. The summed E-state index contributed by atoms with van der Waals surface area (Å²) in [5.74, 6) is -0.226. The average Bonchev–Trinajstić information content (AvgIpc) is 3.17. The summed E-state index contributed by atoms with van der Waals surface area (Å²) in [6.45, 7) is 3.42. The minimum atomic E-state index is -3.54. The zero-order valence-corrected chi connectivity index (χ0v) is 15.5. The van der Waals surface area contributed by atoms with Gasteiger partial charge in [-0.3, -0.25) is 4.79 Å². The molecule has 1 aromatic carbocycles. The van der Waals surface area contributed by atoms with Gasteiger partial charge in [-0.2, -0.15) is 4.31 Å². The van der Waals surface area contributed by atoms with E-state index in [0.717, 1.165) is 4.88 Å². The van der Waals surface area contributed by atoms with E-state index in [1.807, 2.05) is 24.4 Å². The van der Waals surface area contributed by atoms with Gasteiger partial charge in [0, 0.05) is 23.5 Å². The first kappa shape index (κ1) is 18.1. The largest absolute Gasteiger partial charge is 0.379 e. The zero-order chi connectivity index (χ0) is 17.9. The Balaban J connectivity index is 1.70. The summed E-state index contributed by atoms with van der Waals surface area (Å²) >= 11 is 1.58. The minimum absolute atomic E-state index is 0.0933. The van der Waals surface area contributed by atoms with Crippen LogP contribution in [0.4, 0.5) is 0 Å². The minimum Gasteiger partial charge on any atom is -0.379 e. The normalized spacial score (nSPS) is 17.2. The average molecular weight is 380 g/mol. The number of nitrogens with zero attached hydrogens (tertiary/aromatic N) is 1. The lowest BCUT2D eigenvalue weighted by atomic mass is 10.2. The molecule has 0 saturated carbocycles. The van der Waals surface area contributed by atoms with Crippen LogP contribution in [-0.2, 0) is 14.8 Å². The lowest BCUT2D eigenvalue weighted by Gasteiger charge is -2.26. The maximum atomic E-state index is 12.6. The first-order valence-corrected chi connectivity index (χ1v) is 10.3. The molecule has 8 heteroatoms. The van der Waals surface area contributed by atoms with Gasteiger partial charge in [0.05, 0.1) is 24.2 Å². The van der Waals surface area contributed by atoms with Gasteiger partial charge in [-0.25, -0.2) is 8.42 Å². The molecule has 1 saturated heterocycles. The van der Waals surface area contributed by atoms with Gasteiger partial charge in [0.25, 0.3) is 5.91 Å². The van der Waals surface area contributed by atoms with Crippen LogP contribution in [0, 0.1) is 0 Å². The molecule has 2 heterocycles. The standard InChI is InChI=1S/C17H20N2O4S2/c1-13(16-3-2-12-24-16)18-17(20)14-4-6-15(7-5-14)25(21,22)19-8-10-23-11-9-19/h2-7,12-13H,8-11H2,1H3,(H,18,20)/t13-/m0/s1. The van der Waals surface area contributed by atoms with Gasteiger partial charge in [-0.05, 0) is 42.6 Å². The van der Waals surface area contributed by atoms with Crippen molar-refractivity contribution >= 4 is 27.3 Å². The molecule has 1 fully saturated rings. The number of nitrogens with one attached hydrogen (secondary N) is 1. The van der Waals surface area contributed by atoms with E-state index in [4.69, 9.17) is 4.74 Å². The van der Waals surface area contributed by atoms with Gasteiger partial charge in [0.1, 0.15) is 0 Å². The van der Waals surface area contributed by atoms with Crippen LogP contribution in [0.1, 0.15) is 28.2 Å². The highest BCUT2D eigenvalue weighted by Gasteiger charge is 2.26. The topological polar surface area (TPSA) is 75.7 Å². The number of benzene rings is 1. The third-order valence-electron chi connectivity index (χ3n) is 4.04. The van der Waals surface area contributed by atoms with Crippen molar-refractivity contribution in [1.29, 1.82) is 0 Å². The second kappa shape index (κ2) is 7.65. The van der Waals surface area contributed by atoms with E-state index in [0.29, 0.717) is 31.9 Å². The van der Waals surface area contributed by atoms with Crippen molar-refractivity contribution in [2.45, 2.75) is 17.9 Å². The molecule has 1 atom stereocenters. The van der Waals surface area contributed by atoms with Crippen LogP contribution in [0.25, 0.3) is 0 Å². The number of morpholine rings is 1. The van der Waals surface area contributed by atoms with Gasteiger partial charge >= 0.3 is 0 Å². The smallest absolute Gasteiger partial charge is 0.251 e. The van der Waals surface area contributed by atoms with Crippen molar-refractivity contribution in [1.82, 2.24) is 9.62 Å². The van der Waals surface area contributed by atoms with Gasteiger partial charge in [-0.1, -0.05) is 6.07 Å². The summed E-state index contributed by atoms with van der Waals surface area (Å²) in [5.41, 5.74) is 0.435. The number of carbonyl (C=O) groups excluding carboxylic acids is 1. The number of hydrogen-bond donors (Lipinski definition) is 1. The van der Waals surface area contributed by atoms with Crippen molar-refractivity contribution in [3.63, 3.8) is 0 Å². The lowest BCUT2D eigenvalue weighted by Crippen LogP contribution is -2.40. The Morgan fingerprint density at radius 3 is 2.48 bits per heavy atom. The summed E-state index contributed by atoms with van der Waals surface area (Å²) in [6.07, 6.45) is 0. The molecule has 0 unspecified atom stereocenters. The van der Waals surface area contributed by atoms with E-state index in [1.165, 1.54) is 16.4 Å². The van der Waals surface area contributed by atoms with Crippen LogP contribution in [0.15, 0.2) is 46.7 Å². The van der Waals surface area contributed by atoms with E-state index in [2.05, 4.69) is 5.32 Å². The fourth-order valence-electron chi connectivity index (χ4n) is 2.60. The van der Waals surface area contributed by atoms with Crippen LogP contribution >= 0.6 is 11.3 Å². The molecule has 1 aliphatic rings. The van der Waals surface area contributed by atoms with Gasteiger partial charge in [-0.15, -0.1) is 11.3 Å². The second-order valence-corrected chi connectivity index (χ2v) is 8.67. The third-order valence-corrected chi connectivity index (χ3v) is 7.01. The summed E-state index contributed by atoms with van der Waals surface area (Å²) in [5, 5.41) is 4.88. The van der Waals surface area contributed by atoms with E-state index >= 15 is 0 Å². The van der Waals surface area contributed by atoms with Crippen LogP contribution in [0.5, 0.6) is 0 Å². The van der Waals surface area contributed by atoms with Crippen LogP contribution in [-0.4, -0.2) is 44.9 Å². The molecule has 0 radical (unpaired) electrons. The number of rotatable bonds is 5. The number of amides is 1. The molecule has 6 nitrogen and oxygen atoms in total. The Labute approximate surface area is 151 Å². The number of thiophene rings is 1. The Kier molecular flexibility index (Phi) is 5.53. The first-order valence-electron chi connectivity index (χ1n) is 8.01. The van der Waals surface area contributed by atoms with E-state index in [-0.39, 0.29) is 16.8 Å². The van der Waals surface area contributed by atoms with Gasteiger partial charge in [0.15, 0.2) is 0 Å². The van der Waals surface area contributed by atoms with Gasteiger partial charge < -0.3 is 10.1 Å². The molecule has 0 bridgehead atoms. The van der Waals surface area contributed by atoms with Crippen LogP contribution in [0.2, 0.25) is 0 Å². The fourth-order valence-corrected chi connectivity index (χ4v) is 4.75. The fraction of sp³-hybridized carbons (Fsp3) is 0.353. The molecule has 0 spiro atoms. The molecular weight excluding hydrogens is 360 g/mol. The summed E-state index contributed by atoms with van der Waals surface area (Å²) < 4.78 is 31.7. The third kappa shape index (κ3) is 4.09. The van der Waals surface area contributed by atoms with E-state index in [9.17, 15) is 13.2 Å². The predicted molar refractivity (Wildman–Crippen MR) is 96.2 cm³/mol. The zero-order valence-electron chi connectivity index (χ0n) is 13.8. The summed E-state index contributed by atoms with van der Waals surface area (Å²) in [7, 11) is -3.54. The molecule has 1 N–H and O–H groups in total. The number of carbonyl (C=O) groups is 1. The Morgan fingerprint density at radius 2 is 1.88 bits per heavy atom. The highest BCUT2D eigenvalue weighted by atomic mass is 32.2. The molecule has 25 heavy (non-hydrogen) atoms. The number of ether oxygens (including phenoxy) is 1. The van der Waals surface area contributed by atoms with Crippen LogP contribution in [0.3, 0.4) is 0 Å². The molecule has 2 aromatic rings. The molecule has 1 amide bonds. The van der Waals surface area contributed by atoms with Crippen LogP contribution < -0.4 is 5.32 Å². The molecule has 134 valence electrons. The summed E-state index contributed by atoms with van der Waals surface area (Å²) in [6, 6.07) is 9.87. The molecule has 1 aromatic heterocycles. The number of sulfonamides is 1. The van der Waals surface area contributed by atoms with E-state index in [1.54, 1.807) is 23.5 Å². The second-order valence-electron chi connectivity index (χ2n) is 5.75. The SMILES string of the molecule is C[C@H](NC(=O)c1ccc(S(=O)(=O)N2CCOCC2)cc1)c1cccs1. The molecule has 1 aliphatic heterocycles. The maximum absolute atomic E-state index is 12.6. The van der Waals surface area contributed by atoms with Crippen molar-refractivity contribution in [3.05, 3.63) is 52.2 Å². The quantitative estimate of drug-likeness (QED) is 0.863. The maximum Gasteiger partial charge on any atom is 0.251 e. The highest BCUT2D eigenvalue weighted by molar-refractivity contribution is 7.89. The van der Waals surface area contributed by atoms with Crippen molar-refractivity contribution < 1.29 is 17.9 Å². The van der Waals surface area contributed by atoms with Crippen molar-refractivity contribution in [3.8, 4) is 0 Å². The Hall–Kier alpha value is -1.74. The van der Waals surface area contributed by atoms with Crippen molar-refractivity contribution in [2.75, 3.05) is 26.3 Å². The summed E-state index contributed by atoms with van der Waals surface area (Å²) in [4.78, 5) is 13.6. The van der Waals surface area contributed by atoms with Crippen molar-refractivity contribution in [2.24, 2.45) is 0 Å². The lowest BCUT2D eigenvalue weighted by molar-refractivity contribution is 0.0730. The van der Waals surface area contributed by atoms with Gasteiger partial charge in [0.2, 0.25) is 10.0 Å². The molecule has 3 rings (SSSR count). The molecular formula is C17H20N2O4S2. The highest BCUT2D eigenvalue weighted by Crippen LogP contribution is 2.20. The monoisotopic (exact) mass is 380 g/mol.